The molecule has 0 bridgehead atoms. The van der Waals surface area contributed by atoms with Crippen LogP contribution in [0.1, 0.15) is 66.2 Å². The summed E-state index contributed by atoms with van der Waals surface area (Å²) in [7, 11) is 1.37. The first-order valence-electron chi connectivity index (χ1n) is 11.6. The Kier molecular flexibility index (Phi) is 4.47. The van der Waals surface area contributed by atoms with Crippen LogP contribution in [0.3, 0.4) is 0 Å². The first-order chi connectivity index (χ1) is 14.4. The van der Waals surface area contributed by atoms with Gasteiger partial charge in [-0.25, -0.2) is 4.39 Å². The molecule has 0 aromatic heterocycles. The van der Waals surface area contributed by atoms with Crippen LogP contribution in [0.25, 0.3) is 0 Å². The van der Waals surface area contributed by atoms with Crippen molar-refractivity contribution < 1.29 is 28.5 Å². The molecule has 6 heteroatoms. The molecule has 0 radical (unpaired) electrons. The maximum atomic E-state index is 17.2. The van der Waals surface area contributed by atoms with Gasteiger partial charge in [-0.3, -0.25) is 4.79 Å². The van der Waals surface area contributed by atoms with Crippen molar-refractivity contribution >= 4 is 5.97 Å². The summed E-state index contributed by atoms with van der Waals surface area (Å²) in [5, 5.41) is 11.5. The maximum Gasteiger partial charge on any atom is 0.308 e. The van der Waals surface area contributed by atoms with Crippen LogP contribution in [0.4, 0.5) is 4.39 Å². The molecule has 0 amide bonds. The van der Waals surface area contributed by atoms with E-state index >= 15 is 4.39 Å². The molecule has 1 saturated heterocycles. The van der Waals surface area contributed by atoms with Gasteiger partial charge in [-0.05, 0) is 58.8 Å². The summed E-state index contributed by atoms with van der Waals surface area (Å²) in [6, 6.07) is 0. The quantitative estimate of drug-likeness (QED) is 0.520. The number of carbonyl (C=O) groups is 1. The van der Waals surface area contributed by atoms with Crippen LogP contribution in [0.5, 0.6) is 0 Å². The second kappa shape index (κ2) is 6.42. The van der Waals surface area contributed by atoms with Crippen molar-refractivity contribution in [1.29, 1.82) is 0 Å². The number of esters is 1. The summed E-state index contributed by atoms with van der Waals surface area (Å²) in [4.78, 5) is 12.5. The largest absolute Gasteiger partial charge is 0.469 e. The number of halogens is 1. The third-order valence-corrected chi connectivity index (χ3v) is 9.53. The molecule has 5 rings (SSSR count). The van der Waals surface area contributed by atoms with Gasteiger partial charge in [-0.15, -0.1) is 0 Å². The highest BCUT2D eigenvalue weighted by Gasteiger charge is 2.78. The van der Waals surface area contributed by atoms with Crippen molar-refractivity contribution in [2.45, 2.75) is 95.5 Å². The van der Waals surface area contributed by atoms with E-state index in [0.717, 1.165) is 18.4 Å². The molecule has 5 nitrogen and oxygen atoms in total. The summed E-state index contributed by atoms with van der Waals surface area (Å²) in [6.07, 6.45) is 7.89. The molecule has 0 aromatic carbocycles. The van der Waals surface area contributed by atoms with E-state index in [1.54, 1.807) is 0 Å². The zero-order valence-corrected chi connectivity index (χ0v) is 19.2. The fourth-order valence-corrected chi connectivity index (χ4v) is 8.18. The Balaban J connectivity index is 1.61. The van der Waals surface area contributed by atoms with Crippen LogP contribution in [0, 0.1) is 22.7 Å². The number of hydrogen-bond donors (Lipinski definition) is 1. The monoisotopic (exact) mass is 434 g/mol. The molecule has 1 heterocycles. The molecule has 5 aliphatic rings. The Morgan fingerprint density at radius 3 is 2.74 bits per heavy atom. The molecule has 0 aromatic rings. The maximum absolute atomic E-state index is 17.2. The highest BCUT2D eigenvalue weighted by Crippen LogP contribution is 2.72. The van der Waals surface area contributed by atoms with Crippen molar-refractivity contribution in [2.75, 3.05) is 7.11 Å². The molecule has 31 heavy (non-hydrogen) atoms. The van der Waals surface area contributed by atoms with E-state index in [9.17, 15) is 9.90 Å². The summed E-state index contributed by atoms with van der Waals surface area (Å²) >= 11 is 0. The first kappa shape index (κ1) is 21.6. The molecule has 1 unspecified atom stereocenters. The van der Waals surface area contributed by atoms with Gasteiger partial charge in [0.05, 0.1) is 25.7 Å². The van der Waals surface area contributed by atoms with Gasteiger partial charge in [0.25, 0.3) is 0 Å². The number of methoxy groups -OCH3 is 1. The number of fused-ring (bicyclic) bond motifs is 7. The van der Waals surface area contributed by atoms with Crippen molar-refractivity contribution in [1.82, 2.24) is 0 Å². The van der Waals surface area contributed by atoms with Crippen LogP contribution in [0.15, 0.2) is 23.8 Å². The number of rotatable bonds is 2. The minimum absolute atomic E-state index is 0.0473. The predicted octanol–water partition coefficient (Wildman–Crippen LogP) is 4.24. The highest BCUT2D eigenvalue weighted by atomic mass is 19.1. The van der Waals surface area contributed by atoms with Crippen molar-refractivity contribution in [3.8, 4) is 0 Å². The fourth-order valence-electron chi connectivity index (χ4n) is 8.18. The Morgan fingerprint density at radius 2 is 2.03 bits per heavy atom. The van der Waals surface area contributed by atoms with E-state index in [1.807, 2.05) is 32.9 Å². The van der Waals surface area contributed by atoms with E-state index in [4.69, 9.17) is 14.2 Å². The third kappa shape index (κ3) is 2.50. The minimum Gasteiger partial charge on any atom is -0.469 e. The van der Waals surface area contributed by atoms with Crippen molar-refractivity contribution in [3.05, 3.63) is 23.8 Å². The number of ether oxygens (including phenoxy) is 3. The molecule has 4 fully saturated rings. The van der Waals surface area contributed by atoms with E-state index in [0.29, 0.717) is 12.8 Å². The molecule has 1 N–H and O–H groups in total. The Labute approximate surface area is 184 Å². The Hall–Kier alpha value is -1.24. The zero-order chi connectivity index (χ0) is 22.4. The molecule has 1 aliphatic heterocycles. The van der Waals surface area contributed by atoms with Gasteiger partial charge in [-0.1, -0.05) is 30.7 Å². The lowest BCUT2D eigenvalue weighted by molar-refractivity contribution is -0.251. The molecule has 0 spiro atoms. The van der Waals surface area contributed by atoms with Gasteiger partial charge in [0.15, 0.2) is 11.5 Å². The third-order valence-electron chi connectivity index (χ3n) is 9.53. The molecule has 172 valence electrons. The van der Waals surface area contributed by atoms with E-state index in [2.05, 4.69) is 13.0 Å². The average molecular weight is 435 g/mol. The molecular formula is C25H35FO5. The second-order valence-corrected chi connectivity index (χ2v) is 11.2. The lowest BCUT2D eigenvalue weighted by atomic mass is 9.44. The van der Waals surface area contributed by atoms with E-state index < -0.39 is 34.0 Å². The molecule has 8 atom stereocenters. The zero-order valence-electron chi connectivity index (χ0n) is 19.2. The highest BCUT2D eigenvalue weighted by molar-refractivity contribution is 5.71. The van der Waals surface area contributed by atoms with Crippen LogP contribution in [-0.4, -0.2) is 47.5 Å². The summed E-state index contributed by atoms with van der Waals surface area (Å²) in [6.45, 7) is 7.72. The number of aliphatic hydroxyl groups is 1. The molecular weight excluding hydrogens is 399 g/mol. The Bertz CT molecular complexity index is 866. The van der Waals surface area contributed by atoms with E-state index in [1.165, 1.54) is 7.11 Å². The first-order valence-corrected chi connectivity index (χ1v) is 11.6. The summed E-state index contributed by atoms with van der Waals surface area (Å²) in [5.74, 6) is -1.60. The topological polar surface area (TPSA) is 65.0 Å². The lowest BCUT2D eigenvalue weighted by Gasteiger charge is -2.63. The predicted molar refractivity (Wildman–Crippen MR) is 113 cm³/mol. The lowest BCUT2D eigenvalue weighted by Crippen LogP contribution is -2.68. The number of hydrogen-bond acceptors (Lipinski definition) is 5. The van der Waals surface area contributed by atoms with Gasteiger partial charge >= 0.3 is 5.97 Å². The van der Waals surface area contributed by atoms with Gasteiger partial charge in [0, 0.05) is 16.7 Å². The van der Waals surface area contributed by atoms with Gasteiger partial charge in [0.2, 0.25) is 0 Å². The van der Waals surface area contributed by atoms with Gasteiger partial charge in [0.1, 0.15) is 5.60 Å². The summed E-state index contributed by atoms with van der Waals surface area (Å²) in [5.41, 5.74) is -2.99. The minimum atomic E-state index is -1.75. The standard InChI is InChI=1S/C25H35FO5/c1-21(2)30-19-12-17-16-10-9-15-8-6-7-11-22(15,3)25(16,26)18(27)13-23(17,4)24(19,31-21)14-20(28)29-5/h7-8,11,16-19,27H,6,9-10,12-14H2,1-5H3/t16-,17-,18-,19?,22-,23-,24-,25-/m0/s1. The number of aliphatic hydroxyl groups excluding tert-OH is 1. The van der Waals surface area contributed by atoms with E-state index in [-0.39, 0.29) is 36.8 Å². The summed E-state index contributed by atoms with van der Waals surface area (Å²) < 4.78 is 35.0. The van der Waals surface area contributed by atoms with Gasteiger partial charge < -0.3 is 19.3 Å². The number of allylic oxidation sites excluding steroid dienone is 4. The molecule has 4 aliphatic carbocycles. The molecule has 3 saturated carbocycles. The van der Waals surface area contributed by atoms with Crippen LogP contribution in [-0.2, 0) is 19.0 Å². The smallest absolute Gasteiger partial charge is 0.308 e. The Morgan fingerprint density at radius 1 is 1.29 bits per heavy atom. The second-order valence-electron chi connectivity index (χ2n) is 11.2. The van der Waals surface area contributed by atoms with Crippen molar-refractivity contribution in [3.63, 3.8) is 0 Å². The van der Waals surface area contributed by atoms with Crippen molar-refractivity contribution in [2.24, 2.45) is 22.7 Å². The van der Waals surface area contributed by atoms with Gasteiger partial charge in [-0.2, -0.15) is 0 Å². The average Bonchev–Trinajstić information content (AvgIpc) is 3.07. The van der Waals surface area contributed by atoms with Crippen LogP contribution in [0.2, 0.25) is 0 Å². The number of alkyl halides is 1. The SMILES string of the molecule is COC(=O)C[C@]12OC(C)(C)OC1C[C@H]1[C@@H]3CCC4=CCC=C[C@]4(C)[C@@]3(F)[C@@H](O)C[C@@]12C. The number of carbonyl (C=O) groups excluding carboxylic acids is 1. The fraction of sp³-hybridized carbons (Fsp3) is 0.800. The normalized spacial score (nSPS) is 51.9. The van der Waals surface area contributed by atoms with Crippen LogP contribution >= 0.6 is 0 Å². The van der Waals surface area contributed by atoms with Crippen LogP contribution < -0.4 is 0 Å².